The smallest absolute Gasteiger partial charge is 0.257 e. The van der Waals surface area contributed by atoms with E-state index in [4.69, 9.17) is 0 Å². The van der Waals surface area contributed by atoms with Gasteiger partial charge < -0.3 is 10.0 Å². The molecule has 1 aliphatic rings. The molecule has 1 N–H and O–H groups in total. The number of likely N-dealkylation sites (tertiary alicyclic amines) is 1. The predicted molar refractivity (Wildman–Crippen MR) is 64.8 cm³/mol. The SMILES string of the molecule is CC1CCC(C)N(C(=O)c2ccncc2O)C1. The van der Waals surface area contributed by atoms with Crippen LogP contribution in [-0.2, 0) is 0 Å². The van der Waals surface area contributed by atoms with Gasteiger partial charge in [-0.05, 0) is 31.7 Å². The van der Waals surface area contributed by atoms with Gasteiger partial charge in [-0.3, -0.25) is 9.78 Å². The van der Waals surface area contributed by atoms with Crippen LogP contribution in [0.5, 0.6) is 5.75 Å². The average Bonchev–Trinajstić information content (AvgIpc) is 2.32. The fourth-order valence-electron chi connectivity index (χ4n) is 2.29. The van der Waals surface area contributed by atoms with Crippen molar-refractivity contribution in [1.82, 2.24) is 9.88 Å². The molecular weight excluding hydrogens is 216 g/mol. The van der Waals surface area contributed by atoms with Gasteiger partial charge in [0, 0.05) is 18.8 Å². The van der Waals surface area contributed by atoms with Gasteiger partial charge in [0.2, 0.25) is 0 Å². The Morgan fingerprint density at radius 1 is 1.47 bits per heavy atom. The van der Waals surface area contributed by atoms with E-state index in [1.165, 1.54) is 12.4 Å². The highest BCUT2D eigenvalue weighted by atomic mass is 16.3. The molecule has 0 aromatic carbocycles. The second-order valence-electron chi connectivity index (χ2n) is 4.88. The molecule has 0 saturated carbocycles. The normalized spacial score (nSPS) is 24.7. The Morgan fingerprint density at radius 2 is 2.24 bits per heavy atom. The molecule has 1 aliphatic heterocycles. The minimum absolute atomic E-state index is 0.0390. The van der Waals surface area contributed by atoms with Crippen LogP contribution in [0.4, 0.5) is 0 Å². The summed E-state index contributed by atoms with van der Waals surface area (Å²) in [6, 6.07) is 1.81. The molecule has 4 nitrogen and oxygen atoms in total. The van der Waals surface area contributed by atoms with E-state index in [0.717, 1.165) is 19.4 Å². The largest absolute Gasteiger partial charge is 0.505 e. The van der Waals surface area contributed by atoms with Crippen LogP contribution in [0.2, 0.25) is 0 Å². The summed E-state index contributed by atoms with van der Waals surface area (Å²) in [5, 5.41) is 9.65. The van der Waals surface area contributed by atoms with Crippen LogP contribution in [0.15, 0.2) is 18.5 Å². The average molecular weight is 234 g/mol. The number of carbonyl (C=O) groups is 1. The summed E-state index contributed by atoms with van der Waals surface area (Å²) in [5.41, 5.74) is 0.348. The van der Waals surface area contributed by atoms with Crippen LogP contribution < -0.4 is 0 Å². The lowest BCUT2D eigenvalue weighted by atomic mass is 9.94. The quantitative estimate of drug-likeness (QED) is 0.809. The van der Waals surface area contributed by atoms with Gasteiger partial charge in [0.25, 0.3) is 5.91 Å². The van der Waals surface area contributed by atoms with Crippen molar-refractivity contribution in [3.8, 4) is 5.75 Å². The zero-order valence-corrected chi connectivity index (χ0v) is 10.3. The van der Waals surface area contributed by atoms with Crippen molar-refractivity contribution in [2.75, 3.05) is 6.54 Å². The first kappa shape index (κ1) is 11.9. The van der Waals surface area contributed by atoms with Gasteiger partial charge >= 0.3 is 0 Å². The van der Waals surface area contributed by atoms with Gasteiger partial charge in [0.15, 0.2) is 0 Å². The van der Waals surface area contributed by atoms with Crippen LogP contribution in [0.3, 0.4) is 0 Å². The van der Waals surface area contributed by atoms with Gasteiger partial charge in [0.1, 0.15) is 5.75 Å². The highest BCUT2D eigenvalue weighted by Crippen LogP contribution is 2.25. The third-order valence-electron chi connectivity index (χ3n) is 3.41. The van der Waals surface area contributed by atoms with Crippen LogP contribution in [0.25, 0.3) is 0 Å². The Hall–Kier alpha value is -1.58. The van der Waals surface area contributed by atoms with Crippen molar-refractivity contribution >= 4 is 5.91 Å². The molecule has 2 heterocycles. The highest BCUT2D eigenvalue weighted by molar-refractivity contribution is 5.96. The van der Waals surface area contributed by atoms with Crippen molar-refractivity contribution in [1.29, 1.82) is 0 Å². The second kappa shape index (κ2) is 4.73. The van der Waals surface area contributed by atoms with Crippen molar-refractivity contribution in [2.24, 2.45) is 5.92 Å². The van der Waals surface area contributed by atoms with Gasteiger partial charge in [-0.15, -0.1) is 0 Å². The molecule has 0 spiro atoms. The van der Waals surface area contributed by atoms with Gasteiger partial charge in [-0.2, -0.15) is 0 Å². The number of pyridine rings is 1. The fourth-order valence-corrected chi connectivity index (χ4v) is 2.29. The number of nitrogens with zero attached hydrogens (tertiary/aromatic N) is 2. The van der Waals surface area contributed by atoms with Crippen molar-refractivity contribution < 1.29 is 9.90 Å². The van der Waals surface area contributed by atoms with E-state index in [0.29, 0.717) is 11.5 Å². The van der Waals surface area contributed by atoms with E-state index in [2.05, 4.69) is 18.8 Å². The van der Waals surface area contributed by atoms with Crippen LogP contribution in [0, 0.1) is 5.92 Å². The molecule has 2 unspecified atom stereocenters. The van der Waals surface area contributed by atoms with Crippen LogP contribution in [-0.4, -0.2) is 33.5 Å². The standard InChI is InChI=1S/C13H18N2O2/c1-9-3-4-10(2)15(8-9)13(17)11-5-6-14-7-12(11)16/h5-7,9-10,16H,3-4,8H2,1-2H3. The highest BCUT2D eigenvalue weighted by Gasteiger charge is 2.28. The summed E-state index contributed by atoms with van der Waals surface area (Å²) in [5.74, 6) is 0.394. The summed E-state index contributed by atoms with van der Waals surface area (Å²) < 4.78 is 0. The molecule has 1 aromatic heterocycles. The van der Waals surface area contributed by atoms with E-state index in [1.54, 1.807) is 6.07 Å². The van der Waals surface area contributed by atoms with Gasteiger partial charge in [0.05, 0.1) is 11.8 Å². The number of aromatic hydroxyl groups is 1. The number of piperidine rings is 1. The molecule has 1 fully saturated rings. The monoisotopic (exact) mass is 234 g/mol. The molecule has 0 aliphatic carbocycles. The molecule has 0 radical (unpaired) electrons. The zero-order chi connectivity index (χ0) is 12.4. The van der Waals surface area contributed by atoms with E-state index in [-0.39, 0.29) is 17.7 Å². The summed E-state index contributed by atoms with van der Waals surface area (Å²) in [6.45, 7) is 4.97. The lowest BCUT2D eigenvalue weighted by molar-refractivity contribution is 0.0571. The predicted octanol–water partition coefficient (Wildman–Crippen LogP) is 2.05. The molecular formula is C13H18N2O2. The maximum atomic E-state index is 12.3. The number of aromatic nitrogens is 1. The molecule has 2 atom stereocenters. The second-order valence-corrected chi connectivity index (χ2v) is 4.88. The summed E-state index contributed by atoms with van der Waals surface area (Å²) in [6.07, 6.45) is 5.03. The minimum atomic E-state index is -0.0936. The Labute approximate surface area is 101 Å². The summed E-state index contributed by atoms with van der Waals surface area (Å²) >= 11 is 0. The molecule has 17 heavy (non-hydrogen) atoms. The van der Waals surface area contributed by atoms with Crippen LogP contribution >= 0.6 is 0 Å². The van der Waals surface area contributed by atoms with Crippen molar-refractivity contribution in [3.05, 3.63) is 24.0 Å². The Bertz CT molecular complexity index is 420. The number of hydrogen-bond acceptors (Lipinski definition) is 3. The van der Waals surface area contributed by atoms with Crippen molar-refractivity contribution in [3.63, 3.8) is 0 Å². The number of rotatable bonds is 1. The maximum absolute atomic E-state index is 12.3. The lowest BCUT2D eigenvalue weighted by Gasteiger charge is -2.36. The van der Waals surface area contributed by atoms with E-state index >= 15 is 0 Å². The molecule has 1 saturated heterocycles. The third kappa shape index (κ3) is 2.40. The zero-order valence-electron chi connectivity index (χ0n) is 10.3. The van der Waals surface area contributed by atoms with E-state index in [9.17, 15) is 9.90 Å². The molecule has 4 heteroatoms. The molecule has 92 valence electrons. The number of amides is 1. The molecule has 1 aromatic rings. The first-order valence-electron chi connectivity index (χ1n) is 6.03. The maximum Gasteiger partial charge on any atom is 0.257 e. The van der Waals surface area contributed by atoms with Crippen molar-refractivity contribution in [2.45, 2.75) is 32.7 Å². The Balaban J connectivity index is 2.22. The fraction of sp³-hybridized carbons (Fsp3) is 0.538. The topological polar surface area (TPSA) is 53.4 Å². The van der Waals surface area contributed by atoms with E-state index < -0.39 is 0 Å². The van der Waals surface area contributed by atoms with Gasteiger partial charge in [-0.25, -0.2) is 0 Å². The summed E-state index contributed by atoms with van der Waals surface area (Å²) in [7, 11) is 0. The minimum Gasteiger partial charge on any atom is -0.505 e. The van der Waals surface area contributed by atoms with Crippen LogP contribution in [0.1, 0.15) is 37.0 Å². The molecule has 2 rings (SSSR count). The summed E-state index contributed by atoms with van der Waals surface area (Å²) in [4.78, 5) is 18.0. The van der Waals surface area contributed by atoms with Gasteiger partial charge in [-0.1, -0.05) is 6.92 Å². The number of carbonyl (C=O) groups excluding carboxylic acids is 1. The first-order chi connectivity index (χ1) is 8.09. The Morgan fingerprint density at radius 3 is 2.94 bits per heavy atom. The third-order valence-corrected chi connectivity index (χ3v) is 3.41. The lowest BCUT2D eigenvalue weighted by Crippen LogP contribution is -2.44. The molecule has 0 bridgehead atoms. The number of hydrogen-bond donors (Lipinski definition) is 1. The Kier molecular flexibility index (Phi) is 3.31. The van der Waals surface area contributed by atoms with E-state index in [1.807, 2.05) is 4.90 Å². The molecule has 1 amide bonds. The first-order valence-corrected chi connectivity index (χ1v) is 6.03.